The number of aromatic nitrogens is 22. The second kappa shape index (κ2) is 62.5. The fourth-order valence-electron chi connectivity index (χ4n) is 9.82. The monoisotopic (exact) mass is 2110 g/mol. The third-order valence-electron chi connectivity index (χ3n) is 15.8. The number of nitrogens with zero attached hydrogens (tertiary/aromatic N) is 24. The summed E-state index contributed by atoms with van der Waals surface area (Å²) in [6.45, 7) is 2.03. The number of nitrogens with one attached hydrogen (secondary N) is 4. The number of nitrogen functional groups attached to an aromatic ring is 2. The van der Waals surface area contributed by atoms with Crippen LogP contribution in [-0.4, -0.2) is 163 Å². The number of carbonyl (C=O) groups is 2. The number of halogens is 8. The standard InChI is InChI=1S/C22H13ClN8OS.C13H11ClN4OS.C12H8ClN5S.C10H6ClN3O.C7H6N4S.C7H8N2O.C6H3ClN2S.C5H5ClN2.C2H6O.CCl2S.K.H2O/c23-17-12-26-10-7-18(17)31-20(15-5-8-25-9-6-15)28-30-22(31)33-13-19-27-29-21(32-19)16-3-1-14(11-24)2-4-16;14-10-7-16-6-3-11(10)18-13(20)17-8-12(19)9-1-4-15-5-2-9;13-9-7-15-6-3-10(9)18-11(16-17-12(18)19)8-1-4-14-5-2-8;11-5-9-13-14-10(15-9)8-3-1-7(6-12)2-4-8;12-7(10-3-1-8-5-10)11-4-2-9-6-11;8-9-7(10)6-4-2-1-3-5-6;7-5-3-8-2-1-6(5)9-4-10;6-4-3-8-2-1-5(4)7;1-2-3;2-1(3)4;;/h1-10,12H,13H2;1-7H,8H2,(H2,16,17,18,20);1-7H,(H,17,19);1-4H,5H2;1-6H;1-5H,8H2,(H,9,10);1-3H;1-3H,(H2,7,8);3H,2H2,1H3;;;1H2/q;;;;;;;;;;+1;/p-1. The van der Waals surface area contributed by atoms with E-state index in [1.807, 2.05) is 46.4 Å². The number of aromatic amines is 1. The van der Waals surface area contributed by atoms with Gasteiger partial charge in [0.1, 0.15) is 18.5 Å². The first-order chi connectivity index (χ1) is 65.0. The van der Waals surface area contributed by atoms with E-state index in [2.05, 4.69) is 142 Å². The van der Waals surface area contributed by atoms with Crippen molar-refractivity contribution in [2.75, 3.05) is 24.2 Å². The molecule has 0 unspecified atom stereocenters. The summed E-state index contributed by atoms with van der Waals surface area (Å²) in [5.74, 6) is 8.05. The van der Waals surface area contributed by atoms with Gasteiger partial charge in [-0.2, -0.15) is 20.6 Å². The normalized spacial score (nSPS) is 9.65. The van der Waals surface area contributed by atoms with Gasteiger partial charge in [-0.05, 0) is 183 Å². The van der Waals surface area contributed by atoms with Crippen molar-refractivity contribution in [1.29, 1.82) is 10.5 Å². The molecule has 0 fully saturated rings. The molecule has 0 atom stereocenters. The van der Waals surface area contributed by atoms with Gasteiger partial charge in [-0.3, -0.25) is 78.3 Å². The molecule has 0 saturated heterocycles. The quantitative estimate of drug-likeness (QED) is 0.00451. The van der Waals surface area contributed by atoms with Crippen LogP contribution in [0.25, 0.3) is 57.1 Å². The molecule has 51 heteroatoms. The first-order valence-corrected chi connectivity index (χ1v) is 43.8. The zero-order valence-electron chi connectivity index (χ0n) is 70.3. The number of pyridine rings is 8. The zero-order chi connectivity index (χ0) is 96.4. The minimum absolute atomic E-state index is 0. The van der Waals surface area contributed by atoms with Crippen LogP contribution >= 0.6 is 166 Å². The number of rotatable bonds is 16. The molecule has 0 radical (unpaired) electrons. The Labute approximate surface area is 888 Å². The van der Waals surface area contributed by atoms with Crippen LogP contribution in [0, 0.1) is 27.4 Å². The van der Waals surface area contributed by atoms with Gasteiger partial charge in [-0.15, -0.1) is 42.2 Å². The van der Waals surface area contributed by atoms with Crippen molar-refractivity contribution in [2.24, 2.45) is 10.8 Å². The number of thiocarbonyl (C=S) groups is 4. The number of aliphatic hydroxyl groups is 1. The summed E-state index contributed by atoms with van der Waals surface area (Å²) in [4.78, 5) is 65.4. The van der Waals surface area contributed by atoms with Crippen LogP contribution in [0.4, 0.5) is 17.1 Å². The number of nitrogens with two attached hydrogens (primary N) is 2. The average molecular weight is 2120 g/mol. The maximum absolute atomic E-state index is 11.9. The van der Waals surface area contributed by atoms with Gasteiger partial charge in [0.05, 0.1) is 94.3 Å². The van der Waals surface area contributed by atoms with E-state index in [0.29, 0.717) is 131 Å². The number of hydrazine groups is 1. The number of H-pyrrole nitrogens is 1. The number of aliphatic imine (C=N–C) groups is 1. The molecule has 0 aliphatic carbocycles. The summed E-state index contributed by atoms with van der Waals surface area (Å²) < 4.78 is 18.6. The summed E-state index contributed by atoms with van der Waals surface area (Å²) in [7, 11) is 0. The number of hydrogen-bond acceptors (Lipinski definition) is 34. The zero-order valence-corrected chi connectivity index (χ0v) is 84.3. The number of ketones is 1. The molecule has 0 aliphatic heterocycles. The minimum Gasteiger partial charge on any atom is -0.870 e. The molecule has 10 N–H and O–H groups in total. The molecule has 14 aromatic heterocycles. The molecule has 136 heavy (non-hydrogen) atoms. The molecular weight excluding hydrogens is 2050 g/mol. The van der Waals surface area contributed by atoms with Crippen LogP contribution in [-0.2, 0) is 11.6 Å². The van der Waals surface area contributed by atoms with Crippen molar-refractivity contribution in [1.82, 2.24) is 120 Å². The molecule has 17 rings (SSSR count). The molecule has 36 nitrogen and oxygen atoms in total. The SMILES string of the molecule is CCO.N#Cc1ccc(-c2nnc(CCl)o2)cc1.N#Cc1ccc(-c2nnc(CSc3nnc(-c4ccncc4)n3-c3ccncc3Cl)o2)cc1.NNC(=O)c1ccccc1.Nc1ccncc1Cl.O=C(CNC(=S)Nc1ccncc1Cl)c1ccncc1.S=C(Cl)Cl.S=C(n1ccnc1)n1ccnc1.S=C=Nc1ccncc1Cl.S=c1[nH]nc(-c2ccncc2)n1-c1ccncc1Cl.[K+].[OH-]. The Balaban J connectivity index is 0.000000245. The predicted octanol–water partition coefficient (Wildman–Crippen LogP) is 15.7. The Bertz CT molecular complexity index is 6720. The number of imidazole rings is 2. The van der Waals surface area contributed by atoms with Crippen molar-refractivity contribution >= 4 is 214 Å². The van der Waals surface area contributed by atoms with E-state index >= 15 is 0 Å². The summed E-state index contributed by atoms with van der Waals surface area (Å²) in [6, 6.07) is 46.1. The Morgan fingerprint density at radius 1 is 0.551 bits per heavy atom. The van der Waals surface area contributed by atoms with E-state index in [1.165, 1.54) is 30.4 Å². The molecule has 0 saturated carbocycles. The number of carbonyl (C=O) groups excluding carboxylic acids is 2. The van der Waals surface area contributed by atoms with Gasteiger partial charge < -0.3 is 35.8 Å². The van der Waals surface area contributed by atoms with E-state index < -0.39 is 0 Å². The molecule has 0 aliphatic rings. The smallest absolute Gasteiger partial charge is 0.870 e. The molecule has 17 aromatic rings. The van der Waals surface area contributed by atoms with Crippen molar-refractivity contribution in [3.8, 4) is 69.2 Å². The number of isothiocyanates is 1. The molecule has 686 valence electrons. The van der Waals surface area contributed by atoms with E-state index in [1.54, 1.807) is 254 Å². The second-order valence-electron chi connectivity index (χ2n) is 24.6. The van der Waals surface area contributed by atoms with E-state index in [-0.39, 0.29) is 91.4 Å². The Kier molecular flexibility index (Phi) is 51.7. The van der Waals surface area contributed by atoms with Crippen LogP contribution in [0.3, 0.4) is 0 Å². The van der Waals surface area contributed by atoms with Gasteiger partial charge in [-0.1, -0.05) is 123 Å². The summed E-state index contributed by atoms with van der Waals surface area (Å²) >= 11 is 70.2. The Hall–Kier alpha value is -12.2. The largest absolute Gasteiger partial charge is 1.00 e. The number of aliphatic hydroxyl groups excluding tert-OH is 1. The van der Waals surface area contributed by atoms with Crippen molar-refractivity contribution in [3.05, 3.63) is 346 Å². The van der Waals surface area contributed by atoms with E-state index in [0.717, 1.165) is 27.9 Å². The fraction of sp³-hybridized carbons (Fsp3) is 0.0588. The van der Waals surface area contributed by atoms with E-state index in [4.69, 9.17) is 166 Å². The number of amides is 1. The van der Waals surface area contributed by atoms with Gasteiger partial charge in [0.15, 0.2) is 41.4 Å². The number of anilines is 2. The van der Waals surface area contributed by atoms with Crippen LogP contribution in [0.15, 0.2) is 301 Å². The summed E-state index contributed by atoms with van der Waals surface area (Å²) in [5.41, 5.74) is 16.2. The number of thioether (sulfide) groups is 1. The van der Waals surface area contributed by atoms with Crippen LogP contribution in [0.1, 0.15) is 50.5 Å². The Morgan fingerprint density at radius 2 is 1.01 bits per heavy atom. The van der Waals surface area contributed by atoms with Crippen LogP contribution < -0.4 is 79.0 Å². The van der Waals surface area contributed by atoms with Gasteiger partial charge in [0.25, 0.3) is 5.91 Å². The minimum atomic E-state index is -0.263. The number of alkyl halides is 1. The number of Topliss-reactive ketones (excluding diaryl/α,β-unsaturated/α-hetero) is 1. The Morgan fingerprint density at radius 3 is 1.47 bits per heavy atom. The second-order valence-corrected chi connectivity index (χ2v) is 31.0. The summed E-state index contributed by atoms with van der Waals surface area (Å²) in [6.07, 6.45) is 36.0. The third-order valence-corrected chi connectivity index (χ3v) is 19.5. The number of nitriles is 2. The maximum Gasteiger partial charge on any atom is 1.00 e. The fourth-order valence-corrected chi connectivity index (χ4v) is 12.3. The summed E-state index contributed by atoms with van der Waals surface area (Å²) in [5, 5.41) is 68.7. The van der Waals surface area contributed by atoms with Crippen molar-refractivity contribution in [3.63, 3.8) is 0 Å². The molecular formula is C85H67Cl8KN30O6S6. The molecule has 0 spiro atoms. The third kappa shape index (κ3) is 37.5. The first kappa shape index (κ1) is 113. The predicted molar refractivity (Wildman–Crippen MR) is 535 cm³/mol. The van der Waals surface area contributed by atoms with Gasteiger partial charge in [0, 0.05) is 164 Å². The van der Waals surface area contributed by atoms with Crippen molar-refractivity contribution < 1.29 is 80.4 Å². The van der Waals surface area contributed by atoms with E-state index in [9.17, 15) is 9.59 Å². The number of hydrogen-bond donors (Lipinski definition) is 7. The molecule has 14 heterocycles. The van der Waals surface area contributed by atoms with Crippen LogP contribution in [0.5, 0.6) is 0 Å². The average Bonchev–Trinajstić information content (AvgIpc) is 1.64. The maximum atomic E-state index is 11.9. The van der Waals surface area contributed by atoms with Gasteiger partial charge >= 0.3 is 51.4 Å². The molecule has 1 amide bonds. The van der Waals surface area contributed by atoms with Crippen molar-refractivity contribution in [2.45, 2.75) is 23.7 Å². The topological polar surface area (TPSA) is 513 Å². The first-order valence-electron chi connectivity index (χ1n) is 37.6. The van der Waals surface area contributed by atoms with Crippen LogP contribution in [0.2, 0.25) is 25.1 Å². The van der Waals surface area contributed by atoms with Gasteiger partial charge in [0.2, 0.25) is 23.6 Å². The number of benzene rings is 3. The molecule has 0 bridgehead atoms. The molecule has 3 aromatic carbocycles. The van der Waals surface area contributed by atoms with Gasteiger partial charge in [-0.25, -0.2) is 15.8 Å².